The molecule has 136 valence electrons. The molecule has 0 bridgehead atoms. The van der Waals surface area contributed by atoms with Crippen molar-refractivity contribution in [1.29, 1.82) is 0 Å². The van der Waals surface area contributed by atoms with Gasteiger partial charge in [-0.2, -0.15) is 0 Å². The Labute approximate surface area is 148 Å². The van der Waals surface area contributed by atoms with Crippen LogP contribution in [0.15, 0.2) is 18.2 Å². The van der Waals surface area contributed by atoms with Gasteiger partial charge >= 0.3 is 5.97 Å². The number of hydrogen-bond acceptors (Lipinski definition) is 4. The van der Waals surface area contributed by atoms with Crippen LogP contribution in [0.1, 0.15) is 54.4 Å². The largest absolute Gasteiger partial charge is 0.465 e. The van der Waals surface area contributed by atoms with Gasteiger partial charge in [0, 0.05) is 6.42 Å². The van der Waals surface area contributed by atoms with E-state index in [9.17, 15) is 14.0 Å². The van der Waals surface area contributed by atoms with Crippen molar-refractivity contribution in [2.45, 2.75) is 51.0 Å². The van der Waals surface area contributed by atoms with Crippen molar-refractivity contribution in [3.63, 3.8) is 0 Å². The Balaban J connectivity index is 1.67. The Bertz CT molecular complexity index is 640. The maximum absolute atomic E-state index is 14.1. The van der Waals surface area contributed by atoms with Crippen LogP contribution in [-0.2, 0) is 16.0 Å². The van der Waals surface area contributed by atoms with E-state index >= 15 is 0 Å². The normalized spacial score (nSPS) is 24.2. The highest BCUT2D eigenvalue weighted by Gasteiger charge is 2.37. The third-order valence-corrected chi connectivity index (χ3v) is 5.69. The number of methoxy groups -OCH3 is 1. The third-order valence-electron chi connectivity index (χ3n) is 5.69. The summed E-state index contributed by atoms with van der Waals surface area (Å²) in [6, 6.07) is 4.18. The smallest absolute Gasteiger partial charge is 0.340 e. The standard InChI is InChI=1S/C20H26FNO3/c1-25-20(24)16-8-7-13(11-17(16)21)12-18(23)19-15(9-10-22-19)14-5-3-2-4-6-14/h7-8,11,14-15,19,22H,2-6,9-10,12H2,1H3/t15-,19-/m0/s1. The maximum atomic E-state index is 14.1. The van der Waals surface area contributed by atoms with E-state index in [1.165, 1.54) is 51.3 Å². The highest BCUT2D eigenvalue weighted by atomic mass is 19.1. The first-order valence-electron chi connectivity index (χ1n) is 9.23. The molecule has 1 N–H and O–H groups in total. The van der Waals surface area contributed by atoms with Crippen LogP contribution < -0.4 is 5.32 Å². The molecular weight excluding hydrogens is 321 g/mol. The predicted octanol–water partition coefficient (Wildman–Crippen LogP) is 3.28. The number of rotatable bonds is 5. The Morgan fingerprint density at radius 1 is 1.20 bits per heavy atom. The zero-order chi connectivity index (χ0) is 17.8. The van der Waals surface area contributed by atoms with Gasteiger partial charge in [0.15, 0.2) is 5.78 Å². The fourth-order valence-electron chi connectivity index (χ4n) is 4.40. The molecule has 2 fully saturated rings. The minimum atomic E-state index is -0.704. The Hall–Kier alpha value is -1.75. The van der Waals surface area contributed by atoms with E-state index in [4.69, 9.17) is 0 Å². The number of carbonyl (C=O) groups is 2. The molecule has 25 heavy (non-hydrogen) atoms. The second-order valence-electron chi connectivity index (χ2n) is 7.23. The Morgan fingerprint density at radius 2 is 1.96 bits per heavy atom. The molecule has 5 heteroatoms. The van der Waals surface area contributed by atoms with Crippen LogP contribution in [0, 0.1) is 17.7 Å². The molecule has 2 atom stereocenters. The molecular formula is C20H26FNO3. The fraction of sp³-hybridized carbons (Fsp3) is 0.600. The summed E-state index contributed by atoms with van der Waals surface area (Å²) in [6.07, 6.45) is 7.53. The van der Waals surface area contributed by atoms with Gasteiger partial charge in [-0.3, -0.25) is 4.79 Å². The predicted molar refractivity (Wildman–Crippen MR) is 92.9 cm³/mol. The number of ketones is 1. The summed E-state index contributed by atoms with van der Waals surface area (Å²) in [6.45, 7) is 0.882. The number of hydrogen-bond donors (Lipinski definition) is 1. The molecule has 0 amide bonds. The highest BCUT2D eigenvalue weighted by molar-refractivity contribution is 5.90. The zero-order valence-corrected chi connectivity index (χ0v) is 14.7. The lowest BCUT2D eigenvalue weighted by atomic mass is 9.75. The van der Waals surface area contributed by atoms with Crippen molar-refractivity contribution in [3.05, 3.63) is 35.1 Å². The zero-order valence-electron chi connectivity index (χ0n) is 14.7. The molecule has 2 aliphatic rings. The average molecular weight is 347 g/mol. The molecule has 1 aromatic rings. The average Bonchev–Trinajstić information content (AvgIpc) is 3.12. The third kappa shape index (κ3) is 4.09. The van der Waals surface area contributed by atoms with Gasteiger partial charge in [-0.15, -0.1) is 0 Å². The molecule has 0 radical (unpaired) electrons. The molecule has 1 saturated carbocycles. The number of halogens is 1. The number of Topliss-reactive ketones (excluding diaryl/α,β-unsaturated/α-hetero) is 1. The molecule has 0 aromatic heterocycles. The summed E-state index contributed by atoms with van der Waals surface area (Å²) in [5.41, 5.74) is 0.504. The highest BCUT2D eigenvalue weighted by Crippen LogP contribution is 2.36. The van der Waals surface area contributed by atoms with Gasteiger partial charge in [0.25, 0.3) is 0 Å². The molecule has 3 rings (SSSR count). The van der Waals surface area contributed by atoms with E-state index in [0.717, 1.165) is 13.0 Å². The van der Waals surface area contributed by atoms with Crippen molar-refractivity contribution in [2.24, 2.45) is 11.8 Å². The maximum Gasteiger partial charge on any atom is 0.340 e. The molecule has 4 nitrogen and oxygen atoms in total. The number of nitrogens with one attached hydrogen (secondary N) is 1. The minimum Gasteiger partial charge on any atom is -0.465 e. The summed E-state index contributed by atoms with van der Waals surface area (Å²) in [5, 5.41) is 3.36. The Kier molecular flexibility index (Phi) is 5.84. The van der Waals surface area contributed by atoms with Crippen LogP contribution in [-0.4, -0.2) is 31.4 Å². The van der Waals surface area contributed by atoms with Gasteiger partial charge in [0.2, 0.25) is 0 Å². The molecule has 1 saturated heterocycles. The monoisotopic (exact) mass is 347 g/mol. The summed E-state index contributed by atoms with van der Waals surface area (Å²) >= 11 is 0. The lowest BCUT2D eigenvalue weighted by Gasteiger charge is -2.30. The fourth-order valence-corrected chi connectivity index (χ4v) is 4.40. The summed E-state index contributed by atoms with van der Waals surface area (Å²) in [7, 11) is 1.22. The first-order chi connectivity index (χ1) is 12.1. The second-order valence-corrected chi connectivity index (χ2v) is 7.23. The van der Waals surface area contributed by atoms with Crippen molar-refractivity contribution in [2.75, 3.05) is 13.7 Å². The molecule has 1 aromatic carbocycles. The van der Waals surface area contributed by atoms with Crippen LogP contribution in [0.5, 0.6) is 0 Å². The van der Waals surface area contributed by atoms with Crippen molar-refractivity contribution in [3.8, 4) is 0 Å². The topological polar surface area (TPSA) is 55.4 Å². The van der Waals surface area contributed by atoms with E-state index in [0.29, 0.717) is 17.4 Å². The van der Waals surface area contributed by atoms with Crippen molar-refractivity contribution in [1.82, 2.24) is 5.32 Å². The molecule has 1 aliphatic heterocycles. The number of ether oxygens (including phenoxy) is 1. The van der Waals surface area contributed by atoms with E-state index in [1.54, 1.807) is 6.07 Å². The van der Waals surface area contributed by atoms with Crippen LogP contribution >= 0.6 is 0 Å². The van der Waals surface area contributed by atoms with Crippen LogP contribution in [0.2, 0.25) is 0 Å². The molecule has 1 heterocycles. The number of benzene rings is 1. The summed E-state index contributed by atoms with van der Waals surface area (Å²) in [5.74, 6) is -0.174. The van der Waals surface area contributed by atoms with E-state index in [2.05, 4.69) is 10.1 Å². The van der Waals surface area contributed by atoms with Crippen LogP contribution in [0.25, 0.3) is 0 Å². The summed E-state index contributed by atoms with van der Waals surface area (Å²) in [4.78, 5) is 24.2. The quantitative estimate of drug-likeness (QED) is 0.831. The van der Waals surface area contributed by atoms with Gasteiger partial charge in [-0.25, -0.2) is 9.18 Å². The van der Waals surface area contributed by atoms with Gasteiger partial charge < -0.3 is 10.1 Å². The van der Waals surface area contributed by atoms with Gasteiger partial charge in [-0.05, 0) is 42.5 Å². The van der Waals surface area contributed by atoms with Gasteiger partial charge in [0.1, 0.15) is 5.82 Å². The van der Waals surface area contributed by atoms with E-state index in [1.807, 2.05) is 0 Å². The minimum absolute atomic E-state index is 0.0993. The lowest BCUT2D eigenvalue weighted by Crippen LogP contribution is -2.40. The SMILES string of the molecule is COC(=O)c1ccc(CC(=O)[C@H]2NCC[C@H]2C2CCCCC2)cc1F. The van der Waals surface area contributed by atoms with Crippen LogP contribution in [0.3, 0.4) is 0 Å². The Morgan fingerprint density at radius 3 is 2.64 bits per heavy atom. The van der Waals surface area contributed by atoms with Crippen molar-refractivity contribution >= 4 is 11.8 Å². The first-order valence-corrected chi connectivity index (χ1v) is 9.23. The second kappa shape index (κ2) is 8.09. The van der Waals surface area contributed by atoms with Crippen LogP contribution in [0.4, 0.5) is 4.39 Å². The summed E-state index contributed by atoms with van der Waals surface area (Å²) < 4.78 is 18.6. The molecule has 0 spiro atoms. The molecule has 1 aliphatic carbocycles. The first kappa shape index (κ1) is 18.1. The lowest BCUT2D eigenvalue weighted by molar-refractivity contribution is -0.121. The van der Waals surface area contributed by atoms with Gasteiger partial charge in [-0.1, -0.05) is 38.2 Å². The molecule has 0 unspecified atom stereocenters. The van der Waals surface area contributed by atoms with Crippen molar-refractivity contribution < 1.29 is 18.7 Å². The number of esters is 1. The number of carbonyl (C=O) groups excluding carboxylic acids is 2. The van der Waals surface area contributed by atoms with E-state index in [-0.39, 0.29) is 23.8 Å². The van der Waals surface area contributed by atoms with E-state index < -0.39 is 11.8 Å². The van der Waals surface area contributed by atoms with Gasteiger partial charge in [0.05, 0.1) is 18.7 Å².